The molecule has 0 aliphatic carbocycles. The van der Waals surface area contributed by atoms with Crippen molar-refractivity contribution >= 4 is 39.2 Å². The lowest BCUT2D eigenvalue weighted by molar-refractivity contribution is 0.577. The number of aromatic nitrogens is 3. The maximum atomic E-state index is 12.9. The Morgan fingerprint density at radius 2 is 1.83 bits per heavy atom. The standard InChI is InChI=1S/C23H21ClN4O/c1-15-13-17(6-8-19(15)27-11-3-2-4-12-27)28-21(29)10-5-16-14-25-18-7-9-20(24)26-22(18)23(16)28/h5-10,13-14H,2-4,11-12H2,1H3. The van der Waals surface area contributed by atoms with Gasteiger partial charge in [0.25, 0.3) is 5.56 Å². The molecule has 0 spiro atoms. The van der Waals surface area contributed by atoms with Crippen molar-refractivity contribution in [3.05, 3.63) is 69.7 Å². The lowest BCUT2D eigenvalue weighted by Crippen LogP contribution is -2.30. The zero-order valence-corrected chi connectivity index (χ0v) is 17.0. The molecule has 5 rings (SSSR count). The molecule has 0 unspecified atom stereocenters. The van der Waals surface area contributed by atoms with Crippen LogP contribution in [0, 0.1) is 6.92 Å². The van der Waals surface area contributed by atoms with Crippen LogP contribution < -0.4 is 10.5 Å². The lowest BCUT2D eigenvalue weighted by Gasteiger charge is -2.30. The maximum absolute atomic E-state index is 12.9. The first kappa shape index (κ1) is 18.1. The van der Waals surface area contributed by atoms with Gasteiger partial charge in [0, 0.05) is 42.1 Å². The first-order valence-corrected chi connectivity index (χ1v) is 10.3. The number of halogens is 1. The van der Waals surface area contributed by atoms with Crippen molar-refractivity contribution in [1.82, 2.24) is 14.5 Å². The van der Waals surface area contributed by atoms with Crippen LogP contribution in [0.3, 0.4) is 0 Å². The molecule has 0 saturated carbocycles. The number of aryl methyl sites for hydroxylation is 1. The summed E-state index contributed by atoms with van der Waals surface area (Å²) in [6.45, 7) is 4.29. The summed E-state index contributed by atoms with van der Waals surface area (Å²) in [4.78, 5) is 24.3. The zero-order valence-electron chi connectivity index (χ0n) is 16.2. The van der Waals surface area contributed by atoms with Crippen LogP contribution in [-0.4, -0.2) is 27.6 Å². The van der Waals surface area contributed by atoms with Crippen molar-refractivity contribution in [3.63, 3.8) is 0 Å². The highest BCUT2D eigenvalue weighted by molar-refractivity contribution is 6.30. The molecule has 0 bridgehead atoms. The summed E-state index contributed by atoms with van der Waals surface area (Å²) in [5, 5.41) is 1.23. The SMILES string of the molecule is Cc1cc(-n2c(=O)ccc3cnc4ccc(Cl)nc4c32)ccc1N1CCCCC1. The average Bonchev–Trinajstić information content (AvgIpc) is 2.74. The van der Waals surface area contributed by atoms with Crippen molar-refractivity contribution < 1.29 is 0 Å². The monoisotopic (exact) mass is 404 g/mol. The number of pyridine rings is 3. The second kappa shape index (κ2) is 7.16. The summed E-state index contributed by atoms with van der Waals surface area (Å²) in [5.74, 6) is 0. The molecule has 3 aromatic heterocycles. The van der Waals surface area contributed by atoms with Crippen LogP contribution >= 0.6 is 11.6 Å². The first-order valence-electron chi connectivity index (χ1n) is 9.95. The Bertz CT molecular complexity index is 1290. The van der Waals surface area contributed by atoms with E-state index in [-0.39, 0.29) is 5.56 Å². The van der Waals surface area contributed by atoms with Crippen LogP contribution in [-0.2, 0) is 0 Å². The van der Waals surface area contributed by atoms with E-state index in [0.717, 1.165) is 35.2 Å². The Morgan fingerprint density at radius 3 is 2.62 bits per heavy atom. The van der Waals surface area contributed by atoms with E-state index in [1.54, 1.807) is 29.0 Å². The number of fused-ring (bicyclic) bond motifs is 3. The van der Waals surface area contributed by atoms with Gasteiger partial charge in [-0.1, -0.05) is 11.6 Å². The minimum absolute atomic E-state index is 0.100. The Labute approximate surface area is 173 Å². The largest absolute Gasteiger partial charge is 0.371 e. The first-order chi connectivity index (χ1) is 14.1. The molecular weight excluding hydrogens is 384 g/mol. The molecule has 0 radical (unpaired) electrons. The molecule has 5 nitrogen and oxygen atoms in total. The maximum Gasteiger partial charge on any atom is 0.255 e. The normalized spacial score (nSPS) is 14.6. The Morgan fingerprint density at radius 1 is 1.00 bits per heavy atom. The zero-order chi connectivity index (χ0) is 20.0. The van der Waals surface area contributed by atoms with Gasteiger partial charge in [-0.25, -0.2) is 4.98 Å². The number of hydrogen-bond acceptors (Lipinski definition) is 4. The fourth-order valence-corrected chi connectivity index (χ4v) is 4.42. The van der Waals surface area contributed by atoms with Crippen LogP contribution in [0.1, 0.15) is 24.8 Å². The van der Waals surface area contributed by atoms with Gasteiger partial charge < -0.3 is 4.90 Å². The van der Waals surface area contributed by atoms with E-state index in [1.165, 1.54) is 24.9 Å². The Kier molecular flexibility index (Phi) is 4.47. The fourth-order valence-electron chi connectivity index (χ4n) is 4.27. The third-order valence-electron chi connectivity index (χ3n) is 5.67. The van der Waals surface area contributed by atoms with Crippen molar-refractivity contribution in [1.29, 1.82) is 0 Å². The number of piperidine rings is 1. The van der Waals surface area contributed by atoms with E-state index in [2.05, 4.69) is 33.9 Å². The molecular formula is C23H21ClN4O. The van der Waals surface area contributed by atoms with Crippen molar-refractivity contribution in [3.8, 4) is 5.69 Å². The summed E-state index contributed by atoms with van der Waals surface area (Å²) < 4.78 is 1.72. The van der Waals surface area contributed by atoms with Gasteiger partial charge in [-0.15, -0.1) is 0 Å². The van der Waals surface area contributed by atoms with Crippen molar-refractivity contribution in [2.75, 3.05) is 18.0 Å². The molecule has 1 aliphatic heterocycles. The van der Waals surface area contributed by atoms with Gasteiger partial charge in [0.15, 0.2) is 0 Å². The number of hydrogen-bond donors (Lipinski definition) is 0. The Hall–Kier alpha value is -2.92. The average molecular weight is 405 g/mol. The third-order valence-corrected chi connectivity index (χ3v) is 5.88. The summed E-state index contributed by atoms with van der Waals surface area (Å²) >= 11 is 6.16. The predicted molar refractivity (Wildman–Crippen MR) is 118 cm³/mol. The van der Waals surface area contributed by atoms with Crippen LogP contribution in [0.4, 0.5) is 5.69 Å². The lowest BCUT2D eigenvalue weighted by atomic mass is 10.1. The van der Waals surface area contributed by atoms with Gasteiger partial charge in [-0.05, 0) is 68.1 Å². The number of anilines is 1. The molecule has 4 heterocycles. The molecule has 6 heteroatoms. The summed E-state index contributed by atoms with van der Waals surface area (Å²) in [6, 6.07) is 13.1. The van der Waals surface area contributed by atoms with Crippen LogP contribution in [0.15, 0.2) is 53.5 Å². The highest BCUT2D eigenvalue weighted by Crippen LogP contribution is 2.28. The van der Waals surface area contributed by atoms with Gasteiger partial charge in [0.1, 0.15) is 10.7 Å². The van der Waals surface area contributed by atoms with Crippen LogP contribution in [0.2, 0.25) is 5.15 Å². The quantitative estimate of drug-likeness (QED) is 0.352. The van der Waals surface area contributed by atoms with Crippen molar-refractivity contribution in [2.45, 2.75) is 26.2 Å². The minimum atomic E-state index is -0.100. The van der Waals surface area contributed by atoms with Crippen molar-refractivity contribution in [2.24, 2.45) is 0 Å². The van der Waals surface area contributed by atoms with E-state index in [4.69, 9.17) is 11.6 Å². The molecule has 29 heavy (non-hydrogen) atoms. The van der Waals surface area contributed by atoms with Gasteiger partial charge in [-0.3, -0.25) is 14.3 Å². The van der Waals surface area contributed by atoms with E-state index in [1.807, 2.05) is 12.1 Å². The molecule has 1 aliphatic rings. The van der Waals surface area contributed by atoms with E-state index >= 15 is 0 Å². The van der Waals surface area contributed by atoms with E-state index < -0.39 is 0 Å². The highest BCUT2D eigenvalue weighted by Gasteiger charge is 2.16. The minimum Gasteiger partial charge on any atom is -0.371 e. The van der Waals surface area contributed by atoms with Crippen LogP contribution in [0.5, 0.6) is 0 Å². The van der Waals surface area contributed by atoms with Gasteiger partial charge in [0.05, 0.1) is 11.0 Å². The third kappa shape index (κ3) is 3.15. The molecule has 146 valence electrons. The fraction of sp³-hybridized carbons (Fsp3) is 0.261. The second-order valence-electron chi connectivity index (χ2n) is 7.59. The molecule has 4 aromatic rings. The van der Waals surface area contributed by atoms with Gasteiger partial charge >= 0.3 is 0 Å². The number of rotatable bonds is 2. The predicted octanol–water partition coefficient (Wildman–Crippen LogP) is 4.89. The smallest absolute Gasteiger partial charge is 0.255 e. The molecule has 1 fully saturated rings. The summed E-state index contributed by atoms with van der Waals surface area (Å²) in [5.41, 5.74) is 5.21. The summed E-state index contributed by atoms with van der Waals surface area (Å²) in [6.07, 6.45) is 5.54. The Balaban J connectivity index is 1.74. The molecule has 0 atom stereocenters. The number of benzene rings is 1. The van der Waals surface area contributed by atoms with Gasteiger partial charge in [0.2, 0.25) is 0 Å². The second-order valence-corrected chi connectivity index (χ2v) is 7.98. The highest BCUT2D eigenvalue weighted by atomic mass is 35.5. The number of nitrogens with zero attached hydrogens (tertiary/aromatic N) is 4. The summed E-state index contributed by atoms with van der Waals surface area (Å²) in [7, 11) is 0. The topological polar surface area (TPSA) is 51.0 Å². The molecule has 0 amide bonds. The van der Waals surface area contributed by atoms with E-state index in [9.17, 15) is 4.79 Å². The molecule has 1 aromatic carbocycles. The van der Waals surface area contributed by atoms with Crippen LogP contribution in [0.25, 0.3) is 27.6 Å². The molecule has 0 N–H and O–H groups in total. The van der Waals surface area contributed by atoms with Gasteiger partial charge in [-0.2, -0.15) is 0 Å². The molecule has 1 saturated heterocycles. The van der Waals surface area contributed by atoms with E-state index in [0.29, 0.717) is 16.2 Å².